The summed E-state index contributed by atoms with van der Waals surface area (Å²) < 4.78 is 0. The lowest BCUT2D eigenvalue weighted by atomic mass is 9.96. The first kappa shape index (κ1) is 8.26. The second-order valence-corrected chi connectivity index (χ2v) is 3.18. The smallest absolute Gasteiger partial charge is 0.335 e. The quantitative estimate of drug-likeness (QED) is 0.673. The molecule has 1 aliphatic heterocycles. The maximum Gasteiger partial charge on any atom is 0.335 e. The van der Waals surface area contributed by atoms with Crippen LogP contribution < -0.4 is 5.32 Å². The van der Waals surface area contributed by atoms with Crippen molar-refractivity contribution in [3.63, 3.8) is 0 Å². The summed E-state index contributed by atoms with van der Waals surface area (Å²) in [7, 11) is 0. The molecule has 0 fully saturated rings. The van der Waals surface area contributed by atoms with Gasteiger partial charge in [-0.1, -0.05) is 12.1 Å². The van der Waals surface area contributed by atoms with Crippen molar-refractivity contribution in [1.82, 2.24) is 5.32 Å². The van der Waals surface area contributed by atoms with Crippen LogP contribution in [0, 0.1) is 0 Å². The van der Waals surface area contributed by atoms with E-state index in [-0.39, 0.29) is 0 Å². The number of carboxylic acid groups (broad SMARTS) is 1. The molecule has 1 aliphatic rings. The van der Waals surface area contributed by atoms with Crippen molar-refractivity contribution in [3.8, 4) is 0 Å². The molecule has 1 aromatic carbocycles. The third-order valence-corrected chi connectivity index (χ3v) is 2.37. The van der Waals surface area contributed by atoms with Gasteiger partial charge < -0.3 is 10.4 Å². The van der Waals surface area contributed by atoms with Crippen molar-refractivity contribution in [2.75, 3.05) is 6.54 Å². The molecule has 3 nitrogen and oxygen atoms in total. The van der Waals surface area contributed by atoms with Gasteiger partial charge in [0.25, 0.3) is 0 Å². The summed E-state index contributed by atoms with van der Waals surface area (Å²) in [5.74, 6) is -0.821. The summed E-state index contributed by atoms with van der Waals surface area (Å²) in [5.41, 5.74) is 2.57. The van der Waals surface area contributed by atoms with Crippen molar-refractivity contribution in [3.05, 3.63) is 34.9 Å². The molecule has 0 aromatic heterocycles. The molecule has 0 radical (unpaired) electrons. The lowest BCUT2D eigenvalue weighted by Crippen LogP contribution is -2.25. The van der Waals surface area contributed by atoms with Crippen molar-refractivity contribution < 1.29 is 9.90 Å². The zero-order chi connectivity index (χ0) is 9.26. The molecule has 2 rings (SSSR count). The van der Waals surface area contributed by atoms with E-state index in [0.29, 0.717) is 5.56 Å². The van der Waals surface area contributed by atoms with Gasteiger partial charge in [-0.3, -0.25) is 0 Å². The highest BCUT2D eigenvalue weighted by Crippen LogP contribution is 2.18. The largest absolute Gasteiger partial charge is 0.478 e. The van der Waals surface area contributed by atoms with E-state index in [4.69, 9.17) is 5.11 Å². The highest BCUT2D eigenvalue weighted by molar-refractivity contribution is 5.89. The number of fused-ring (bicyclic) bond motifs is 1. The minimum Gasteiger partial charge on any atom is -0.478 e. The molecule has 1 heterocycles. The van der Waals surface area contributed by atoms with E-state index in [9.17, 15) is 4.79 Å². The number of nitrogens with one attached hydrogen (secondary N) is 1. The number of carbonyl (C=O) groups is 1. The van der Waals surface area contributed by atoms with Gasteiger partial charge in [-0.2, -0.15) is 0 Å². The topological polar surface area (TPSA) is 49.3 Å². The number of hydrogen-bond acceptors (Lipinski definition) is 2. The predicted molar refractivity (Wildman–Crippen MR) is 48.8 cm³/mol. The lowest BCUT2D eigenvalue weighted by Gasteiger charge is -2.18. The number of rotatable bonds is 1. The van der Waals surface area contributed by atoms with E-state index in [1.54, 1.807) is 12.1 Å². The Balaban J connectivity index is 2.52. The fraction of sp³-hybridized carbons (Fsp3) is 0.300. The van der Waals surface area contributed by atoms with Crippen molar-refractivity contribution in [2.24, 2.45) is 0 Å². The van der Waals surface area contributed by atoms with Gasteiger partial charge in [-0.15, -0.1) is 0 Å². The summed E-state index contributed by atoms with van der Waals surface area (Å²) in [4.78, 5) is 10.9. The second kappa shape index (κ2) is 3.18. The first-order chi connectivity index (χ1) is 6.29. The van der Waals surface area contributed by atoms with Crippen LogP contribution in [0.25, 0.3) is 0 Å². The molecule has 68 valence electrons. The van der Waals surface area contributed by atoms with E-state index < -0.39 is 5.97 Å². The van der Waals surface area contributed by atoms with Crippen LogP contribution in [0.15, 0.2) is 18.2 Å². The van der Waals surface area contributed by atoms with E-state index in [1.165, 1.54) is 0 Å². The van der Waals surface area contributed by atoms with Crippen LogP contribution in [0.5, 0.6) is 0 Å². The summed E-state index contributed by atoms with van der Waals surface area (Å²) in [5, 5.41) is 12.1. The van der Waals surface area contributed by atoms with Gasteiger partial charge in [-0.05, 0) is 30.2 Å². The summed E-state index contributed by atoms with van der Waals surface area (Å²) in [6, 6.07) is 5.45. The molecular formula is C10H11NO2. The molecule has 0 aliphatic carbocycles. The molecule has 0 spiro atoms. The highest BCUT2D eigenvalue weighted by atomic mass is 16.4. The number of benzene rings is 1. The Morgan fingerprint density at radius 3 is 3.08 bits per heavy atom. The van der Waals surface area contributed by atoms with Gasteiger partial charge in [0, 0.05) is 6.54 Å². The Kier molecular flexibility index (Phi) is 2.02. The molecule has 0 bridgehead atoms. The molecule has 13 heavy (non-hydrogen) atoms. The van der Waals surface area contributed by atoms with Crippen LogP contribution in [0.4, 0.5) is 0 Å². The van der Waals surface area contributed by atoms with E-state index in [2.05, 4.69) is 5.32 Å². The Bertz CT molecular complexity index is 347. The average molecular weight is 177 g/mol. The van der Waals surface area contributed by atoms with Crippen LogP contribution in [-0.4, -0.2) is 17.6 Å². The normalized spacial score (nSPS) is 15.1. The first-order valence-corrected chi connectivity index (χ1v) is 4.34. The zero-order valence-corrected chi connectivity index (χ0v) is 7.21. The maximum atomic E-state index is 10.9. The van der Waals surface area contributed by atoms with Crippen LogP contribution in [0.1, 0.15) is 21.5 Å². The van der Waals surface area contributed by atoms with Crippen LogP contribution in [0.3, 0.4) is 0 Å². The summed E-state index contributed by atoms with van der Waals surface area (Å²) >= 11 is 0. The van der Waals surface area contributed by atoms with Gasteiger partial charge in [0.15, 0.2) is 0 Å². The maximum absolute atomic E-state index is 10.9. The van der Waals surface area contributed by atoms with Crippen molar-refractivity contribution in [1.29, 1.82) is 0 Å². The Labute approximate surface area is 76.4 Å². The third kappa shape index (κ3) is 1.42. The van der Waals surface area contributed by atoms with Crippen LogP contribution in [0.2, 0.25) is 0 Å². The van der Waals surface area contributed by atoms with Crippen LogP contribution >= 0.6 is 0 Å². The second-order valence-electron chi connectivity index (χ2n) is 3.18. The standard InChI is InChI=1S/C10H11NO2/c12-10(13)9-3-1-2-7-6-11-5-4-8(7)9/h1-3,11H,4-6H2,(H,12,13). The molecule has 2 N–H and O–H groups in total. The average Bonchev–Trinajstić information content (AvgIpc) is 2.17. The third-order valence-electron chi connectivity index (χ3n) is 2.37. The summed E-state index contributed by atoms with van der Waals surface area (Å²) in [6.45, 7) is 1.66. The Hall–Kier alpha value is -1.35. The number of carboxylic acids is 1. The Morgan fingerprint density at radius 2 is 2.31 bits per heavy atom. The molecular weight excluding hydrogens is 166 g/mol. The lowest BCUT2D eigenvalue weighted by molar-refractivity contribution is 0.0695. The molecule has 1 aromatic rings. The minimum absolute atomic E-state index is 0.457. The fourth-order valence-corrected chi connectivity index (χ4v) is 1.73. The molecule has 0 saturated carbocycles. The predicted octanol–water partition coefficient (Wildman–Crippen LogP) is 1.03. The molecule has 0 atom stereocenters. The van der Waals surface area contributed by atoms with E-state index in [1.807, 2.05) is 6.07 Å². The monoisotopic (exact) mass is 177 g/mol. The van der Waals surface area contributed by atoms with Crippen molar-refractivity contribution >= 4 is 5.97 Å². The SMILES string of the molecule is O=C(O)c1cccc2c1CCNC2. The van der Waals surface area contributed by atoms with Gasteiger partial charge in [0.1, 0.15) is 0 Å². The molecule has 0 saturated heterocycles. The minimum atomic E-state index is -0.821. The van der Waals surface area contributed by atoms with Crippen molar-refractivity contribution in [2.45, 2.75) is 13.0 Å². The van der Waals surface area contributed by atoms with Crippen LogP contribution in [-0.2, 0) is 13.0 Å². The molecule has 0 amide bonds. The van der Waals surface area contributed by atoms with Gasteiger partial charge >= 0.3 is 5.97 Å². The molecule has 3 heteroatoms. The highest BCUT2D eigenvalue weighted by Gasteiger charge is 2.15. The fourth-order valence-electron chi connectivity index (χ4n) is 1.73. The molecule has 0 unspecified atom stereocenters. The number of hydrogen-bond donors (Lipinski definition) is 2. The number of aromatic carboxylic acids is 1. The van der Waals surface area contributed by atoms with Gasteiger partial charge in [0.05, 0.1) is 5.56 Å². The zero-order valence-electron chi connectivity index (χ0n) is 7.21. The van der Waals surface area contributed by atoms with E-state index >= 15 is 0 Å². The van der Waals surface area contributed by atoms with E-state index in [0.717, 1.165) is 30.6 Å². The summed E-state index contributed by atoms with van der Waals surface area (Å²) in [6.07, 6.45) is 0.817. The van der Waals surface area contributed by atoms with Gasteiger partial charge in [0.2, 0.25) is 0 Å². The van der Waals surface area contributed by atoms with Gasteiger partial charge in [-0.25, -0.2) is 4.79 Å². The first-order valence-electron chi connectivity index (χ1n) is 4.34. The Morgan fingerprint density at radius 1 is 1.46 bits per heavy atom.